The summed E-state index contributed by atoms with van der Waals surface area (Å²) in [6, 6.07) is 5.49. The SMILES string of the molecule is COC(=O)C1CCC(NC(=O)c2ccc(C)cc2Cl)CC1. The number of hydrogen-bond acceptors (Lipinski definition) is 3. The Morgan fingerprint density at radius 2 is 1.90 bits per heavy atom. The number of methoxy groups -OCH3 is 1. The normalized spacial score (nSPS) is 21.7. The number of amides is 1. The van der Waals surface area contributed by atoms with Gasteiger partial charge in [-0.05, 0) is 50.3 Å². The molecule has 0 radical (unpaired) electrons. The molecule has 0 aromatic heterocycles. The number of nitrogens with one attached hydrogen (secondary N) is 1. The number of ether oxygens (including phenoxy) is 1. The van der Waals surface area contributed by atoms with Gasteiger partial charge in [0.05, 0.1) is 23.6 Å². The van der Waals surface area contributed by atoms with Crippen LogP contribution in [0.5, 0.6) is 0 Å². The first-order chi connectivity index (χ1) is 10.0. The fourth-order valence-electron chi connectivity index (χ4n) is 2.71. The van der Waals surface area contributed by atoms with Gasteiger partial charge in [0.1, 0.15) is 0 Å². The van der Waals surface area contributed by atoms with Crippen molar-refractivity contribution in [3.05, 3.63) is 34.3 Å². The maximum atomic E-state index is 12.2. The predicted molar refractivity (Wildman–Crippen MR) is 81.4 cm³/mol. The first-order valence-corrected chi connectivity index (χ1v) is 7.54. The molecule has 1 aromatic carbocycles. The Labute approximate surface area is 129 Å². The highest BCUT2D eigenvalue weighted by Crippen LogP contribution is 2.26. The number of rotatable bonds is 3. The fourth-order valence-corrected chi connectivity index (χ4v) is 3.03. The molecule has 0 spiro atoms. The van der Waals surface area contributed by atoms with Crippen LogP contribution in [-0.2, 0) is 9.53 Å². The molecule has 4 nitrogen and oxygen atoms in total. The number of esters is 1. The average Bonchev–Trinajstić information content (AvgIpc) is 2.47. The number of halogens is 1. The van der Waals surface area contributed by atoms with Gasteiger partial charge in [-0.1, -0.05) is 17.7 Å². The standard InChI is InChI=1S/C16H20ClNO3/c1-10-3-8-13(14(17)9-10)15(19)18-12-6-4-11(5-7-12)16(20)21-2/h3,8-9,11-12H,4-7H2,1-2H3,(H,18,19). The van der Waals surface area contributed by atoms with E-state index in [1.54, 1.807) is 12.1 Å². The summed E-state index contributed by atoms with van der Waals surface area (Å²) >= 11 is 6.10. The van der Waals surface area contributed by atoms with Crippen LogP contribution in [0, 0.1) is 12.8 Å². The van der Waals surface area contributed by atoms with Crippen molar-refractivity contribution < 1.29 is 14.3 Å². The Morgan fingerprint density at radius 3 is 2.48 bits per heavy atom. The summed E-state index contributed by atoms with van der Waals surface area (Å²) in [4.78, 5) is 23.7. The highest BCUT2D eigenvalue weighted by molar-refractivity contribution is 6.33. The van der Waals surface area contributed by atoms with Crippen LogP contribution in [0.3, 0.4) is 0 Å². The summed E-state index contributed by atoms with van der Waals surface area (Å²) < 4.78 is 4.76. The van der Waals surface area contributed by atoms with E-state index in [9.17, 15) is 9.59 Å². The first-order valence-electron chi connectivity index (χ1n) is 7.16. The van der Waals surface area contributed by atoms with Gasteiger partial charge in [-0.25, -0.2) is 0 Å². The molecule has 0 heterocycles. The number of hydrogen-bond donors (Lipinski definition) is 1. The third-order valence-corrected chi connectivity index (χ3v) is 4.28. The number of carbonyl (C=O) groups excluding carboxylic acids is 2. The van der Waals surface area contributed by atoms with Crippen molar-refractivity contribution in [2.45, 2.75) is 38.6 Å². The number of benzene rings is 1. The molecular formula is C16H20ClNO3. The van der Waals surface area contributed by atoms with Crippen LogP contribution in [0.4, 0.5) is 0 Å². The minimum Gasteiger partial charge on any atom is -0.469 e. The molecule has 1 saturated carbocycles. The smallest absolute Gasteiger partial charge is 0.308 e. The van der Waals surface area contributed by atoms with Crippen molar-refractivity contribution in [2.75, 3.05) is 7.11 Å². The van der Waals surface area contributed by atoms with Crippen LogP contribution in [-0.4, -0.2) is 25.0 Å². The van der Waals surface area contributed by atoms with Crippen LogP contribution in [0.15, 0.2) is 18.2 Å². The van der Waals surface area contributed by atoms with E-state index in [-0.39, 0.29) is 23.8 Å². The van der Waals surface area contributed by atoms with E-state index in [1.165, 1.54) is 7.11 Å². The maximum Gasteiger partial charge on any atom is 0.308 e. The van der Waals surface area contributed by atoms with Gasteiger partial charge in [0.2, 0.25) is 0 Å². The molecule has 0 bridgehead atoms. The quantitative estimate of drug-likeness (QED) is 0.873. The summed E-state index contributed by atoms with van der Waals surface area (Å²) in [5.41, 5.74) is 1.52. The van der Waals surface area contributed by atoms with Crippen LogP contribution >= 0.6 is 11.6 Å². The van der Waals surface area contributed by atoms with Crippen molar-refractivity contribution in [3.63, 3.8) is 0 Å². The molecule has 0 unspecified atom stereocenters. The topological polar surface area (TPSA) is 55.4 Å². The zero-order valence-corrected chi connectivity index (χ0v) is 13.1. The molecule has 1 N–H and O–H groups in total. The molecule has 0 saturated heterocycles. The maximum absolute atomic E-state index is 12.2. The van der Waals surface area contributed by atoms with Crippen LogP contribution < -0.4 is 5.32 Å². The number of aryl methyl sites for hydroxylation is 1. The number of carbonyl (C=O) groups is 2. The lowest BCUT2D eigenvalue weighted by Gasteiger charge is -2.27. The lowest BCUT2D eigenvalue weighted by Crippen LogP contribution is -2.39. The van der Waals surface area contributed by atoms with Crippen molar-refractivity contribution in [3.8, 4) is 0 Å². The fraction of sp³-hybridized carbons (Fsp3) is 0.500. The summed E-state index contributed by atoms with van der Waals surface area (Å²) in [7, 11) is 1.41. The van der Waals surface area contributed by atoms with Gasteiger partial charge in [0.15, 0.2) is 0 Å². The Hall–Kier alpha value is -1.55. The molecule has 2 rings (SSSR count). The summed E-state index contributed by atoms with van der Waals surface area (Å²) in [6.45, 7) is 1.93. The van der Waals surface area contributed by atoms with Crippen molar-refractivity contribution in [1.29, 1.82) is 0 Å². The molecule has 1 aromatic rings. The van der Waals surface area contributed by atoms with E-state index < -0.39 is 0 Å². The minimum atomic E-state index is -0.152. The van der Waals surface area contributed by atoms with Crippen LogP contribution in [0.2, 0.25) is 5.02 Å². The highest BCUT2D eigenvalue weighted by atomic mass is 35.5. The van der Waals surface area contributed by atoms with Gasteiger partial charge in [0, 0.05) is 6.04 Å². The van der Waals surface area contributed by atoms with E-state index in [1.807, 2.05) is 13.0 Å². The van der Waals surface area contributed by atoms with E-state index in [4.69, 9.17) is 16.3 Å². The van der Waals surface area contributed by atoms with Crippen molar-refractivity contribution in [1.82, 2.24) is 5.32 Å². The molecule has 21 heavy (non-hydrogen) atoms. The Kier molecular flexibility index (Phi) is 5.23. The minimum absolute atomic E-state index is 0.0360. The molecule has 114 valence electrons. The molecule has 0 atom stereocenters. The lowest BCUT2D eigenvalue weighted by atomic mass is 9.86. The summed E-state index contributed by atoms with van der Waals surface area (Å²) in [5, 5.41) is 3.47. The second kappa shape index (κ2) is 6.94. The average molecular weight is 310 g/mol. The second-order valence-corrected chi connectivity index (χ2v) is 5.94. The summed E-state index contributed by atoms with van der Waals surface area (Å²) in [5.74, 6) is -0.339. The van der Waals surface area contributed by atoms with E-state index in [0.29, 0.717) is 10.6 Å². The molecule has 1 fully saturated rings. The van der Waals surface area contributed by atoms with Gasteiger partial charge >= 0.3 is 5.97 Å². The van der Waals surface area contributed by atoms with E-state index in [0.717, 1.165) is 31.2 Å². The molecule has 0 aliphatic heterocycles. The van der Waals surface area contributed by atoms with Gasteiger partial charge in [-0.15, -0.1) is 0 Å². The van der Waals surface area contributed by atoms with Gasteiger partial charge in [0.25, 0.3) is 5.91 Å². The zero-order chi connectivity index (χ0) is 15.4. The summed E-state index contributed by atoms with van der Waals surface area (Å²) in [6.07, 6.45) is 3.07. The van der Waals surface area contributed by atoms with E-state index >= 15 is 0 Å². The molecule has 1 aliphatic carbocycles. The van der Waals surface area contributed by atoms with Gasteiger partial charge in [-0.2, -0.15) is 0 Å². The van der Waals surface area contributed by atoms with Gasteiger partial charge in [-0.3, -0.25) is 9.59 Å². The molecule has 1 amide bonds. The molecular weight excluding hydrogens is 290 g/mol. The second-order valence-electron chi connectivity index (χ2n) is 5.53. The first kappa shape index (κ1) is 15.8. The zero-order valence-electron chi connectivity index (χ0n) is 12.3. The Bertz CT molecular complexity index is 536. The Balaban J connectivity index is 1.91. The predicted octanol–water partition coefficient (Wildman–Crippen LogP) is 3.11. The van der Waals surface area contributed by atoms with Crippen LogP contribution in [0.25, 0.3) is 0 Å². The Morgan fingerprint density at radius 1 is 1.24 bits per heavy atom. The van der Waals surface area contributed by atoms with Crippen LogP contribution in [0.1, 0.15) is 41.6 Å². The van der Waals surface area contributed by atoms with Gasteiger partial charge < -0.3 is 10.1 Å². The lowest BCUT2D eigenvalue weighted by molar-refractivity contribution is -0.146. The monoisotopic (exact) mass is 309 g/mol. The highest BCUT2D eigenvalue weighted by Gasteiger charge is 2.28. The third kappa shape index (κ3) is 3.97. The van der Waals surface area contributed by atoms with Crippen molar-refractivity contribution >= 4 is 23.5 Å². The van der Waals surface area contributed by atoms with Crippen molar-refractivity contribution in [2.24, 2.45) is 5.92 Å². The third-order valence-electron chi connectivity index (χ3n) is 3.97. The largest absolute Gasteiger partial charge is 0.469 e. The molecule has 5 heteroatoms. The van der Waals surface area contributed by atoms with E-state index in [2.05, 4.69) is 5.32 Å². The molecule has 1 aliphatic rings.